The Balaban J connectivity index is 2.20. The summed E-state index contributed by atoms with van der Waals surface area (Å²) in [5.41, 5.74) is 0.968. The lowest BCUT2D eigenvalue weighted by molar-refractivity contribution is -0.151. The third kappa shape index (κ3) is 2.82. The van der Waals surface area contributed by atoms with E-state index in [1.54, 1.807) is 11.8 Å². The van der Waals surface area contributed by atoms with Crippen molar-refractivity contribution in [1.29, 1.82) is 0 Å². The Hall–Kier alpha value is -1.00. The zero-order valence-corrected chi connectivity index (χ0v) is 10.6. The van der Waals surface area contributed by atoms with Crippen LogP contribution in [-0.4, -0.2) is 23.9 Å². The molecule has 1 saturated heterocycles. The zero-order valence-electron chi connectivity index (χ0n) is 9.76. The van der Waals surface area contributed by atoms with E-state index in [1.165, 1.54) is 4.90 Å². The fraction of sp³-hybridized carbons (Fsp3) is 0.462. The predicted octanol–water partition coefficient (Wildman–Crippen LogP) is 2.96. The molecule has 2 atom stereocenters. The molecule has 1 aliphatic rings. The first-order valence-electron chi connectivity index (χ1n) is 5.70. The number of aliphatic carboxylic acids is 1. The molecule has 1 heterocycles. The quantitative estimate of drug-likeness (QED) is 0.840. The van der Waals surface area contributed by atoms with E-state index in [0.717, 1.165) is 12.0 Å². The number of hydrogen-bond acceptors (Lipinski definition) is 3. The van der Waals surface area contributed by atoms with E-state index < -0.39 is 11.9 Å². The van der Waals surface area contributed by atoms with Crippen LogP contribution in [0.25, 0.3) is 0 Å². The second kappa shape index (κ2) is 5.56. The first kappa shape index (κ1) is 12.5. The van der Waals surface area contributed by atoms with Crippen molar-refractivity contribution >= 4 is 17.7 Å². The lowest BCUT2D eigenvalue weighted by atomic mass is 9.90. The molecule has 17 heavy (non-hydrogen) atoms. The van der Waals surface area contributed by atoms with Gasteiger partial charge in [-0.1, -0.05) is 12.1 Å². The van der Waals surface area contributed by atoms with Crippen molar-refractivity contribution in [3.8, 4) is 0 Å². The van der Waals surface area contributed by atoms with Gasteiger partial charge in [0.05, 0.1) is 12.0 Å². The van der Waals surface area contributed by atoms with E-state index in [4.69, 9.17) is 4.74 Å². The van der Waals surface area contributed by atoms with Gasteiger partial charge in [0.1, 0.15) is 0 Å². The molecular formula is C13H16O3S. The Labute approximate surface area is 105 Å². The number of thioether (sulfide) groups is 1. The SMILES string of the molecule is CSc1ccc(C2OCCCC2C(=O)O)cc1. The van der Waals surface area contributed by atoms with Gasteiger partial charge in [0, 0.05) is 11.5 Å². The molecule has 1 aromatic rings. The third-order valence-corrected chi connectivity index (χ3v) is 3.83. The summed E-state index contributed by atoms with van der Waals surface area (Å²) in [5.74, 6) is -1.17. The Morgan fingerprint density at radius 3 is 2.71 bits per heavy atom. The molecule has 0 amide bonds. The molecule has 2 unspecified atom stereocenters. The highest BCUT2D eigenvalue weighted by Gasteiger charge is 2.32. The van der Waals surface area contributed by atoms with Gasteiger partial charge in [-0.25, -0.2) is 0 Å². The summed E-state index contributed by atoms with van der Waals surface area (Å²) in [6, 6.07) is 7.96. The summed E-state index contributed by atoms with van der Waals surface area (Å²) in [6.45, 7) is 0.652. The number of rotatable bonds is 3. The van der Waals surface area contributed by atoms with E-state index >= 15 is 0 Å². The van der Waals surface area contributed by atoms with Crippen LogP contribution in [0.3, 0.4) is 0 Å². The first-order valence-corrected chi connectivity index (χ1v) is 6.93. The molecule has 92 valence electrons. The first-order chi connectivity index (χ1) is 8.22. The highest BCUT2D eigenvalue weighted by atomic mass is 32.2. The van der Waals surface area contributed by atoms with Gasteiger partial charge in [0.15, 0.2) is 0 Å². The Bertz CT molecular complexity index is 388. The molecule has 0 saturated carbocycles. The van der Waals surface area contributed by atoms with Crippen LogP contribution in [0.4, 0.5) is 0 Å². The van der Waals surface area contributed by atoms with Gasteiger partial charge in [-0.05, 0) is 36.8 Å². The molecule has 0 aliphatic carbocycles. The third-order valence-electron chi connectivity index (χ3n) is 3.08. The number of ether oxygens (including phenoxy) is 1. The summed E-state index contributed by atoms with van der Waals surface area (Å²) >= 11 is 1.67. The Morgan fingerprint density at radius 1 is 1.41 bits per heavy atom. The van der Waals surface area contributed by atoms with Crippen LogP contribution >= 0.6 is 11.8 Å². The molecule has 1 fully saturated rings. The van der Waals surface area contributed by atoms with Crippen LogP contribution < -0.4 is 0 Å². The van der Waals surface area contributed by atoms with E-state index in [1.807, 2.05) is 30.5 Å². The van der Waals surface area contributed by atoms with E-state index in [2.05, 4.69) is 0 Å². The number of hydrogen-bond donors (Lipinski definition) is 1. The molecule has 1 N–H and O–H groups in total. The summed E-state index contributed by atoms with van der Waals surface area (Å²) in [5, 5.41) is 9.19. The lowest BCUT2D eigenvalue weighted by Gasteiger charge is -2.29. The van der Waals surface area contributed by atoms with Crippen molar-refractivity contribution in [3.63, 3.8) is 0 Å². The van der Waals surface area contributed by atoms with Gasteiger partial charge < -0.3 is 9.84 Å². The maximum absolute atomic E-state index is 11.2. The molecule has 3 nitrogen and oxygen atoms in total. The van der Waals surface area contributed by atoms with Crippen LogP contribution in [0.5, 0.6) is 0 Å². The van der Waals surface area contributed by atoms with E-state index in [9.17, 15) is 9.90 Å². The summed E-state index contributed by atoms with van der Waals surface area (Å²) in [7, 11) is 0. The topological polar surface area (TPSA) is 46.5 Å². The molecular weight excluding hydrogens is 236 g/mol. The van der Waals surface area contributed by atoms with Gasteiger partial charge in [0.25, 0.3) is 0 Å². The summed E-state index contributed by atoms with van der Waals surface area (Å²) in [6.07, 6.45) is 3.25. The second-order valence-corrected chi connectivity index (χ2v) is 5.03. The number of carboxylic acid groups (broad SMARTS) is 1. The van der Waals surface area contributed by atoms with E-state index in [-0.39, 0.29) is 6.10 Å². The van der Waals surface area contributed by atoms with Crippen molar-refractivity contribution in [2.45, 2.75) is 23.8 Å². The lowest BCUT2D eigenvalue weighted by Crippen LogP contribution is -2.28. The van der Waals surface area contributed by atoms with Gasteiger partial charge in [0.2, 0.25) is 0 Å². The second-order valence-electron chi connectivity index (χ2n) is 4.15. The smallest absolute Gasteiger partial charge is 0.309 e. The highest BCUT2D eigenvalue weighted by molar-refractivity contribution is 7.98. The van der Waals surface area contributed by atoms with Crippen LogP contribution in [0.1, 0.15) is 24.5 Å². The Kier molecular flexibility index (Phi) is 4.07. The van der Waals surface area contributed by atoms with Crippen molar-refractivity contribution in [2.24, 2.45) is 5.92 Å². The normalized spacial score (nSPS) is 24.5. The number of carboxylic acids is 1. The van der Waals surface area contributed by atoms with Crippen molar-refractivity contribution < 1.29 is 14.6 Å². The largest absolute Gasteiger partial charge is 0.481 e. The molecule has 1 aromatic carbocycles. The maximum Gasteiger partial charge on any atom is 0.309 e. The number of carbonyl (C=O) groups is 1. The van der Waals surface area contributed by atoms with Crippen LogP contribution in [0.15, 0.2) is 29.2 Å². The van der Waals surface area contributed by atoms with Gasteiger partial charge in [-0.2, -0.15) is 0 Å². The molecule has 0 bridgehead atoms. The molecule has 2 rings (SSSR count). The standard InChI is InChI=1S/C13H16O3S/c1-17-10-6-4-9(5-7-10)12-11(13(14)15)3-2-8-16-12/h4-7,11-12H,2-3,8H2,1H3,(H,14,15). The van der Waals surface area contributed by atoms with Gasteiger partial charge in [-0.15, -0.1) is 11.8 Å². The summed E-state index contributed by atoms with van der Waals surface area (Å²) in [4.78, 5) is 12.4. The highest BCUT2D eigenvalue weighted by Crippen LogP contribution is 2.34. The predicted molar refractivity (Wildman–Crippen MR) is 67.3 cm³/mol. The van der Waals surface area contributed by atoms with Gasteiger partial charge in [-0.3, -0.25) is 4.79 Å². The molecule has 0 spiro atoms. The van der Waals surface area contributed by atoms with E-state index in [0.29, 0.717) is 13.0 Å². The molecule has 4 heteroatoms. The Morgan fingerprint density at radius 2 is 2.12 bits per heavy atom. The molecule has 0 aromatic heterocycles. The maximum atomic E-state index is 11.2. The van der Waals surface area contributed by atoms with Crippen LogP contribution in [0, 0.1) is 5.92 Å². The minimum Gasteiger partial charge on any atom is -0.481 e. The minimum absolute atomic E-state index is 0.294. The zero-order chi connectivity index (χ0) is 12.3. The summed E-state index contributed by atoms with van der Waals surface area (Å²) < 4.78 is 5.62. The average Bonchev–Trinajstić information content (AvgIpc) is 2.39. The van der Waals surface area contributed by atoms with Crippen molar-refractivity contribution in [1.82, 2.24) is 0 Å². The van der Waals surface area contributed by atoms with Gasteiger partial charge >= 0.3 is 5.97 Å². The monoisotopic (exact) mass is 252 g/mol. The molecule has 0 radical (unpaired) electrons. The number of benzene rings is 1. The minimum atomic E-state index is -0.761. The van der Waals surface area contributed by atoms with Crippen molar-refractivity contribution in [2.75, 3.05) is 12.9 Å². The van der Waals surface area contributed by atoms with Crippen molar-refractivity contribution in [3.05, 3.63) is 29.8 Å². The fourth-order valence-electron chi connectivity index (χ4n) is 2.16. The van der Waals surface area contributed by atoms with Crippen LogP contribution in [-0.2, 0) is 9.53 Å². The average molecular weight is 252 g/mol. The van der Waals surface area contributed by atoms with Crippen LogP contribution in [0.2, 0.25) is 0 Å². The molecule has 1 aliphatic heterocycles. The fourth-order valence-corrected chi connectivity index (χ4v) is 2.56.